The van der Waals surface area contributed by atoms with Crippen molar-refractivity contribution in [3.63, 3.8) is 0 Å². The Morgan fingerprint density at radius 2 is 1.10 bits per heavy atom. The van der Waals surface area contributed by atoms with Gasteiger partial charge < -0.3 is 24.8 Å². The van der Waals surface area contributed by atoms with E-state index >= 15 is 0 Å². The summed E-state index contributed by atoms with van der Waals surface area (Å²) in [5, 5.41) is 5.39. The third kappa shape index (κ3) is 10.7. The van der Waals surface area contributed by atoms with Gasteiger partial charge >= 0.3 is 26.2 Å². The molecule has 0 nitrogen and oxygen atoms in total. The van der Waals surface area contributed by atoms with Crippen molar-refractivity contribution in [2.45, 2.75) is 25.9 Å². The van der Waals surface area contributed by atoms with Crippen molar-refractivity contribution in [2.24, 2.45) is 0 Å². The molecule has 0 heterocycles. The molecule has 0 saturated heterocycles. The molecule has 30 heavy (non-hydrogen) atoms. The molecule has 0 aliphatic carbocycles. The molecular weight excluding hydrogens is 503 g/mol. The molecule has 0 unspecified atom stereocenters. The van der Waals surface area contributed by atoms with Crippen molar-refractivity contribution < 1.29 is 51.0 Å². The standard InChI is InChI=1S/2C10H9.C6H10Si.2ClH.Zr/c2*1-8-6-9-4-2-3-5-10(9)7-8;1-3-5-7-6-4-2;;;/h2*2-7H,1H3;3-4H,1-2,5-6H2;2*1H;/q2*-1;;;;+4/p-2. The molecule has 2 radical (unpaired) electrons. The summed E-state index contributed by atoms with van der Waals surface area (Å²) in [4.78, 5) is 0. The van der Waals surface area contributed by atoms with E-state index in [0.717, 1.165) is 21.6 Å². The van der Waals surface area contributed by atoms with Crippen molar-refractivity contribution in [2.75, 3.05) is 0 Å². The number of rotatable bonds is 4. The first-order valence-corrected chi connectivity index (χ1v) is 10.7. The van der Waals surface area contributed by atoms with Crippen LogP contribution in [0.15, 0.2) is 98.1 Å². The van der Waals surface area contributed by atoms with Crippen LogP contribution in [0.5, 0.6) is 0 Å². The van der Waals surface area contributed by atoms with Crippen LogP contribution in [0, 0.1) is 13.8 Å². The molecule has 4 aromatic rings. The van der Waals surface area contributed by atoms with E-state index in [0.29, 0.717) is 0 Å². The van der Waals surface area contributed by atoms with Crippen LogP contribution in [-0.2, 0) is 26.2 Å². The van der Waals surface area contributed by atoms with Gasteiger partial charge in [0.2, 0.25) is 0 Å². The minimum Gasteiger partial charge on any atom is -1.00 e. The van der Waals surface area contributed by atoms with Gasteiger partial charge in [0, 0.05) is 9.52 Å². The predicted octanol–water partition coefficient (Wildman–Crippen LogP) is 1.64. The topological polar surface area (TPSA) is 0 Å². The molecule has 0 bridgehead atoms. The summed E-state index contributed by atoms with van der Waals surface area (Å²) in [5.74, 6) is 0. The smallest absolute Gasteiger partial charge is 1.00 e. The van der Waals surface area contributed by atoms with Gasteiger partial charge in [-0.1, -0.05) is 38.1 Å². The normalized spacial score (nSPS) is 8.87. The summed E-state index contributed by atoms with van der Waals surface area (Å²) in [6.07, 6.45) is 3.89. The van der Waals surface area contributed by atoms with Crippen LogP contribution in [0.2, 0.25) is 12.1 Å². The maximum Gasteiger partial charge on any atom is 4.00 e. The summed E-state index contributed by atoms with van der Waals surface area (Å²) < 4.78 is 0. The SMILES string of the molecule is C=CC[Si]CC=C.Cc1cc2ccccc2[cH-]1.Cc1cc2ccccc2[cH-]1.[Cl-].[Cl-].[Zr+4]. The summed E-state index contributed by atoms with van der Waals surface area (Å²) in [6.45, 7) is 11.5. The average molecular weight is 531 g/mol. The number of hydrogen-bond donors (Lipinski definition) is 0. The molecule has 0 aromatic heterocycles. The Morgan fingerprint density at radius 3 is 1.43 bits per heavy atom. The fraction of sp³-hybridized carbons (Fsp3) is 0.154. The Bertz CT molecular complexity index is 839. The molecule has 0 aliphatic heterocycles. The summed E-state index contributed by atoms with van der Waals surface area (Å²) in [6, 6.07) is 28.0. The number of hydrogen-bond acceptors (Lipinski definition) is 0. The van der Waals surface area contributed by atoms with Crippen LogP contribution in [0.1, 0.15) is 11.1 Å². The van der Waals surface area contributed by atoms with E-state index < -0.39 is 0 Å². The van der Waals surface area contributed by atoms with Gasteiger partial charge in [0.25, 0.3) is 0 Å². The van der Waals surface area contributed by atoms with Crippen LogP contribution in [0.25, 0.3) is 21.5 Å². The van der Waals surface area contributed by atoms with E-state index in [2.05, 4.69) is 99.8 Å². The largest absolute Gasteiger partial charge is 4.00 e. The second kappa shape index (κ2) is 17.5. The van der Waals surface area contributed by atoms with Crippen LogP contribution in [0.3, 0.4) is 0 Å². The molecule has 0 saturated carbocycles. The van der Waals surface area contributed by atoms with Crippen LogP contribution >= 0.6 is 0 Å². The van der Waals surface area contributed by atoms with Gasteiger partial charge in [-0.25, -0.2) is 0 Å². The molecule has 0 aliphatic rings. The van der Waals surface area contributed by atoms with E-state index in [9.17, 15) is 0 Å². The van der Waals surface area contributed by atoms with Crippen molar-refractivity contribution >= 4 is 31.1 Å². The van der Waals surface area contributed by atoms with E-state index in [1.54, 1.807) is 0 Å². The molecular formula is C26H28Cl2SiZr. The fourth-order valence-electron chi connectivity index (χ4n) is 2.90. The van der Waals surface area contributed by atoms with E-state index in [-0.39, 0.29) is 51.0 Å². The van der Waals surface area contributed by atoms with Gasteiger partial charge in [-0.2, -0.15) is 12.1 Å². The molecule has 0 fully saturated rings. The third-order valence-electron chi connectivity index (χ3n) is 4.10. The zero-order chi connectivity index (χ0) is 19.5. The maximum atomic E-state index is 3.61. The van der Waals surface area contributed by atoms with Gasteiger partial charge in [-0.05, 0) is 12.1 Å². The zero-order valence-corrected chi connectivity index (χ0v) is 22.6. The predicted molar refractivity (Wildman–Crippen MR) is 124 cm³/mol. The van der Waals surface area contributed by atoms with Gasteiger partial charge in [0.05, 0.1) is 0 Å². The van der Waals surface area contributed by atoms with Crippen molar-refractivity contribution in [1.82, 2.24) is 0 Å². The van der Waals surface area contributed by atoms with Gasteiger partial charge in [-0.3, -0.25) is 0 Å². The molecule has 154 valence electrons. The first kappa shape index (κ1) is 31.0. The Balaban J connectivity index is 0. The zero-order valence-electron chi connectivity index (χ0n) is 17.7. The van der Waals surface area contributed by atoms with Gasteiger partial charge in [0.15, 0.2) is 0 Å². The van der Waals surface area contributed by atoms with E-state index in [4.69, 9.17) is 0 Å². The van der Waals surface area contributed by atoms with Crippen LogP contribution < -0.4 is 24.8 Å². The molecule has 0 N–H and O–H groups in total. The molecule has 4 heteroatoms. The first-order chi connectivity index (χ1) is 13.1. The number of fused-ring (bicyclic) bond motifs is 2. The van der Waals surface area contributed by atoms with Crippen LogP contribution in [-0.4, -0.2) is 9.52 Å². The van der Waals surface area contributed by atoms with E-state index in [1.807, 2.05) is 12.2 Å². The monoisotopic (exact) mass is 528 g/mol. The van der Waals surface area contributed by atoms with Gasteiger partial charge in [0.1, 0.15) is 0 Å². The molecule has 0 amide bonds. The van der Waals surface area contributed by atoms with Crippen molar-refractivity contribution in [3.05, 3.63) is 109 Å². The Morgan fingerprint density at radius 1 is 0.733 bits per heavy atom. The second-order valence-corrected chi connectivity index (χ2v) is 7.88. The molecule has 0 atom stereocenters. The van der Waals surface area contributed by atoms with Gasteiger partial charge in [-0.15, -0.1) is 94.4 Å². The quantitative estimate of drug-likeness (QED) is 0.163. The third-order valence-corrected chi connectivity index (χ3v) is 5.26. The molecule has 4 rings (SSSR count). The molecule has 0 spiro atoms. The summed E-state index contributed by atoms with van der Waals surface area (Å²) in [7, 11) is 0.996. The minimum atomic E-state index is 0. The number of benzene rings is 2. The minimum absolute atomic E-state index is 0. The first-order valence-electron chi connectivity index (χ1n) is 9.30. The number of halogens is 2. The van der Waals surface area contributed by atoms with Crippen molar-refractivity contribution in [3.8, 4) is 0 Å². The summed E-state index contributed by atoms with van der Waals surface area (Å²) >= 11 is 0. The Hall–Kier alpha value is -1.18. The molecule has 4 aromatic carbocycles. The summed E-state index contributed by atoms with van der Waals surface area (Å²) in [5.41, 5.74) is 2.70. The Kier molecular flexibility index (Phi) is 18.1. The van der Waals surface area contributed by atoms with Crippen LogP contribution in [0.4, 0.5) is 0 Å². The fourth-order valence-corrected chi connectivity index (χ4v) is 3.47. The maximum absolute atomic E-state index is 3.61. The second-order valence-electron chi connectivity index (χ2n) is 6.56. The Labute approximate surface area is 216 Å². The van der Waals surface area contributed by atoms with Crippen molar-refractivity contribution in [1.29, 1.82) is 0 Å². The number of aryl methyl sites for hydroxylation is 2. The number of allylic oxidation sites excluding steroid dienone is 2. The van der Waals surface area contributed by atoms with E-state index in [1.165, 1.54) is 32.7 Å². The average Bonchev–Trinajstić information content (AvgIpc) is 3.23.